The van der Waals surface area contributed by atoms with Gasteiger partial charge in [-0.3, -0.25) is 9.69 Å². The third-order valence-corrected chi connectivity index (χ3v) is 3.76. The number of ether oxygens (including phenoxy) is 1. The van der Waals surface area contributed by atoms with Crippen molar-refractivity contribution in [2.24, 2.45) is 5.92 Å². The number of hydrogen-bond donors (Lipinski definition) is 1. The maximum atomic E-state index is 10.8. The molecule has 4 nitrogen and oxygen atoms in total. The Labute approximate surface area is 97.6 Å². The summed E-state index contributed by atoms with van der Waals surface area (Å²) in [7, 11) is 1.71. The number of carbonyl (C=O) groups is 1. The number of hydrogen-bond acceptors (Lipinski definition) is 3. The zero-order valence-corrected chi connectivity index (χ0v) is 10.5. The van der Waals surface area contributed by atoms with Crippen LogP contribution >= 0.6 is 0 Å². The Bertz CT molecular complexity index is 240. The predicted octanol–water partition coefficient (Wildman–Crippen LogP) is 1.60. The average molecular weight is 229 g/mol. The Balaban J connectivity index is 2.47. The summed E-state index contributed by atoms with van der Waals surface area (Å²) in [5, 5.41) is 8.87. The topological polar surface area (TPSA) is 49.8 Å². The first-order chi connectivity index (χ1) is 7.48. The van der Waals surface area contributed by atoms with Crippen molar-refractivity contribution in [3.05, 3.63) is 0 Å². The van der Waals surface area contributed by atoms with Crippen molar-refractivity contribution < 1.29 is 14.6 Å². The Morgan fingerprint density at radius 3 is 2.81 bits per heavy atom. The van der Waals surface area contributed by atoms with Gasteiger partial charge >= 0.3 is 5.97 Å². The third kappa shape index (κ3) is 3.19. The fourth-order valence-corrected chi connectivity index (χ4v) is 2.57. The van der Waals surface area contributed by atoms with Gasteiger partial charge in [0.2, 0.25) is 0 Å². The van der Waals surface area contributed by atoms with Crippen molar-refractivity contribution in [3.63, 3.8) is 0 Å². The SMILES string of the molecule is COCCCN1CCC(CC(=O)O)C1(C)C. The standard InChI is InChI=1S/C12H23NO3/c1-12(2)10(9-11(14)15)5-7-13(12)6-4-8-16-3/h10H,4-9H2,1-3H3,(H,14,15). The molecule has 1 fully saturated rings. The molecule has 1 N–H and O–H groups in total. The molecule has 0 spiro atoms. The Morgan fingerprint density at radius 1 is 1.56 bits per heavy atom. The predicted molar refractivity (Wildman–Crippen MR) is 62.5 cm³/mol. The van der Waals surface area contributed by atoms with Crippen LogP contribution in [0.4, 0.5) is 0 Å². The van der Waals surface area contributed by atoms with Crippen molar-refractivity contribution >= 4 is 5.97 Å². The van der Waals surface area contributed by atoms with E-state index in [0.717, 1.165) is 32.5 Å². The van der Waals surface area contributed by atoms with Crippen molar-refractivity contribution in [1.29, 1.82) is 0 Å². The molecule has 0 saturated carbocycles. The zero-order chi connectivity index (χ0) is 12.2. The van der Waals surface area contributed by atoms with Crippen molar-refractivity contribution in [2.75, 3.05) is 26.8 Å². The molecule has 0 aromatic rings. The minimum Gasteiger partial charge on any atom is -0.481 e. The minimum atomic E-state index is -0.684. The van der Waals surface area contributed by atoms with Crippen molar-refractivity contribution in [3.8, 4) is 0 Å². The van der Waals surface area contributed by atoms with E-state index in [2.05, 4.69) is 18.7 Å². The second-order valence-corrected chi connectivity index (χ2v) is 5.07. The maximum Gasteiger partial charge on any atom is 0.303 e. The van der Waals surface area contributed by atoms with Crippen molar-refractivity contribution in [2.45, 2.75) is 38.6 Å². The quantitative estimate of drug-likeness (QED) is 0.703. The summed E-state index contributed by atoms with van der Waals surface area (Å²) in [6.45, 7) is 7.09. The molecule has 0 aliphatic carbocycles. The largest absolute Gasteiger partial charge is 0.481 e. The summed E-state index contributed by atoms with van der Waals surface area (Å²) >= 11 is 0. The minimum absolute atomic E-state index is 0.00608. The van der Waals surface area contributed by atoms with E-state index in [0.29, 0.717) is 0 Å². The molecule has 1 atom stereocenters. The van der Waals surface area contributed by atoms with Gasteiger partial charge in [0.25, 0.3) is 0 Å². The molecule has 1 unspecified atom stereocenters. The second kappa shape index (κ2) is 5.64. The van der Waals surface area contributed by atoms with Crippen LogP contribution in [-0.4, -0.2) is 48.3 Å². The van der Waals surface area contributed by atoms with Gasteiger partial charge in [-0.1, -0.05) is 0 Å². The summed E-state index contributed by atoms with van der Waals surface area (Å²) < 4.78 is 5.04. The molecule has 0 radical (unpaired) electrons. The van der Waals surface area contributed by atoms with Crippen LogP contribution < -0.4 is 0 Å². The van der Waals surface area contributed by atoms with Gasteiger partial charge in [-0.2, -0.15) is 0 Å². The molecule has 0 aromatic heterocycles. The molecule has 1 saturated heterocycles. The second-order valence-electron chi connectivity index (χ2n) is 5.07. The molecule has 0 aromatic carbocycles. The lowest BCUT2D eigenvalue weighted by Crippen LogP contribution is -2.43. The number of rotatable bonds is 6. The van der Waals surface area contributed by atoms with E-state index in [1.165, 1.54) is 0 Å². The molecule has 0 amide bonds. The molecule has 94 valence electrons. The fraction of sp³-hybridized carbons (Fsp3) is 0.917. The van der Waals surface area contributed by atoms with Gasteiger partial charge in [0.05, 0.1) is 0 Å². The molecule has 1 aliphatic heterocycles. The molecule has 16 heavy (non-hydrogen) atoms. The van der Waals surface area contributed by atoms with E-state index in [4.69, 9.17) is 9.84 Å². The normalized spacial score (nSPS) is 24.8. The van der Waals surface area contributed by atoms with Crippen LogP contribution in [0.3, 0.4) is 0 Å². The first kappa shape index (κ1) is 13.5. The van der Waals surface area contributed by atoms with Crippen LogP contribution in [0.15, 0.2) is 0 Å². The highest BCUT2D eigenvalue weighted by molar-refractivity contribution is 5.67. The number of likely N-dealkylation sites (tertiary alicyclic amines) is 1. The van der Waals surface area contributed by atoms with Crippen LogP contribution in [0.2, 0.25) is 0 Å². The van der Waals surface area contributed by atoms with Gasteiger partial charge in [0, 0.05) is 32.2 Å². The molecular weight excluding hydrogens is 206 g/mol. The highest BCUT2D eigenvalue weighted by Gasteiger charge is 2.41. The molecular formula is C12H23NO3. The lowest BCUT2D eigenvalue weighted by atomic mass is 9.86. The van der Waals surface area contributed by atoms with Crippen molar-refractivity contribution in [1.82, 2.24) is 4.90 Å². The van der Waals surface area contributed by atoms with Gasteiger partial charge in [0.15, 0.2) is 0 Å². The molecule has 4 heteroatoms. The number of carboxylic acid groups (broad SMARTS) is 1. The van der Waals surface area contributed by atoms with Crippen LogP contribution in [0.5, 0.6) is 0 Å². The zero-order valence-electron chi connectivity index (χ0n) is 10.5. The molecule has 0 bridgehead atoms. The highest BCUT2D eigenvalue weighted by atomic mass is 16.5. The van der Waals surface area contributed by atoms with E-state index >= 15 is 0 Å². The van der Waals surface area contributed by atoms with Crippen LogP contribution in [0.25, 0.3) is 0 Å². The Hall–Kier alpha value is -0.610. The van der Waals surface area contributed by atoms with Gasteiger partial charge in [-0.05, 0) is 39.2 Å². The number of methoxy groups -OCH3 is 1. The summed E-state index contributed by atoms with van der Waals surface area (Å²) in [5.41, 5.74) is 0.00608. The Morgan fingerprint density at radius 2 is 2.25 bits per heavy atom. The number of carboxylic acids is 1. The summed E-state index contributed by atoms with van der Waals surface area (Å²) in [6, 6.07) is 0. The first-order valence-corrected chi connectivity index (χ1v) is 5.94. The third-order valence-electron chi connectivity index (χ3n) is 3.76. The molecule has 1 aliphatic rings. The first-order valence-electron chi connectivity index (χ1n) is 5.94. The summed E-state index contributed by atoms with van der Waals surface area (Å²) in [5.74, 6) is -0.413. The smallest absolute Gasteiger partial charge is 0.303 e. The maximum absolute atomic E-state index is 10.8. The van der Waals surface area contributed by atoms with E-state index in [1.807, 2.05) is 0 Å². The highest BCUT2D eigenvalue weighted by Crippen LogP contribution is 2.36. The average Bonchev–Trinajstić information content (AvgIpc) is 2.44. The van der Waals surface area contributed by atoms with Gasteiger partial charge in [-0.15, -0.1) is 0 Å². The van der Waals surface area contributed by atoms with Crippen LogP contribution in [0.1, 0.15) is 33.1 Å². The summed E-state index contributed by atoms with van der Waals surface area (Å²) in [6.07, 6.45) is 2.29. The van der Waals surface area contributed by atoms with Gasteiger partial charge in [-0.25, -0.2) is 0 Å². The van der Waals surface area contributed by atoms with Crippen LogP contribution in [-0.2, 0) is 9.53 Å². The molecule has 1 heterocycles. The lowest BCUT2D eigenvalue weighted by molar-refractivity contribution is -0.138. The van der Waals surface area contributed by atoms with Crippen LogP contribution in [0, 0.1) is 5.92 Å². The lowest BCUT2D eigenvalue weighted by Gasteiger charge is -2.35. The van der Waals surface area contributed by atoms with E-state index in [9.17, 15) is 4.79 Å². The van der Waals surface area contributed by atoms with E-state index in [1.54, 1.807) is 7.11 Å². The fourth-order valence-electron chi connectivity index (χ4n) is 2.57. The summed E-state index contributed by atoms with van der Waals surface area (Å²) in [4.78, 5) is 13.2. The van der Waals surface area contributed by atoms with Gasteiger partial charge < -0.3 is 9.84 Å². The van der Waals surface area contributed by atoms with E-state index in [-0.39, 0.29) is 17.9 Å². The van der Waals surface area contributed by atoms with Gasteiger partial charge in [0.1, 0.15) is 0 Å². The van der Waals surface area contributed by atoms with E-state index < -0.39 is 5.97 Å². The number of nitrogens with zero attached hydrogens (tertiary/aromatic N) is 1. The Kier molecular flexibility index (Phi) is 4.74. The monoisotopic (exact) mass is 229 g/mol. The molecule has 1 rings (SSSR count). The number of aliphatic carboxylic acids is 1.